The van der Waals surface area contributed by atoms with E-state index in [-0.39, 0.29) is 10.9 Å². The van der Waals surface area contributed by atoms with Gasteiger partial charge in [-0.1, -0.05) is 6.92 Å². The molecule has 5 nitrogen and oxygen atoms in total. The highest BCUT2D eigenvalue weighted by Gasteiger charge is 2.19. The highest BCUT2D eigenvalue weighted by atomic mass is 32.2. The van der Waals surface area contributed by atoms with Crippen LogP contribution in [0, 0.1) is 10.1 Å². The van der Waals surface area contributed by atoms with E-state index in [4.69, 9.17) is 4.74 Å². The molecule has 17 heavy (non-hydrogen) atoms. The molecule has 2 atom stereocenters. The summed E-state index contributed by atoms with van der Waals surface area (Å²) in [5, 5.41) is 20.2. The number of aliphatic hydroxyl groups is 1. The van der Waals surface area contributed by atoms with Gasteiger partial charge in [0.25, 0.3) is 5.69 Å². The smallest absolute Gasteiger partial charge is 0.286 e. The zero-order valence-electron chi connectivity index (χ0n) is 9.91. The fourth-order valence-corrected chi connectivity index (χ4v) is 2.16. The summed E-state index contributed by atoms with van der Waals surface area (Å²) in [6.45, 7) is 3.48. The van der Waals surface area contributed by atoms with Gasteiger partial charge in [-0.05, 0) is 19.1 Å². The summed E-state index contributed by atoms with van der Waals surface area (Å²) in [5.41, 5.74) is 0.00171. The van der Waals surface area contributed by atoms with E-state index in [2.05, 4.69) is 0 Å². The van der Waals surface area contributed by atoms with Crippen LogP contribution in [-0.4, -0.2) is 28.5 Å². The van der Waals surface area contributed by atoms with Crippen molar-refractivity contribution in [2.45, 2.75) is 30.1 Å². The second-order valence-corrected chi connectivity index (χ2v) is 5.07. The molecule has 0 aliphatic heterocycles. The number of methoxy groups -OCH3 is 1. The third kappa shape index (κ3) is 3.61. The molecule has 0 radical (unpaired) electrons. The van der Waals surface area contributed by atoms with Gasteiger partial charge in [-0.2, -0.15) is 0 Å². The fraction of sp³-hybridized carbons (Fsp3) is 0.455. The molecular formula is C11H15NO4S. The van der Waals surface area contributed by atoms with Crippen LogP contribution in [0.25, 0.3) is 0 Å². The summed E-state index contributed by atoms with van der Waals surface area (Å²) in [6.07, 6.45) is -0.526. The number of hydrogen-bond donors (Lipinski definition) is 1. The van der Waals surface area contributed by atoms with Crippen LogP contribution in [0.2, 0.25) is 0 Å². The van der Waals surface area contributed by atoms with Crippen molar-refractivity contribution in [1.82, 2.24) is 0 Å². The minimum atomic E-state index is -0.526. The molecule has 6 heteroatoms. The number of aliphatic hydroxyl groups excluding tert-OH is 1. The molecule has 94 valence electrons. The van der Waals surface area contributed by atoms with Crippen LogP contribution in [0.5, 0.6) is 5.75 Å². The summed E-state index contributed by atoms with van der Waals surface area (Å²) in [5.74, 6) is 0.450. The van der Waals surface area contributed by atoms with Gasteiger partial charge in [0.1, 0.15) is 5.75 Å². The maximum absolute atomic E-state index is 10.9. The van der Waals surface area contributed by atoms with E-state index in [1.165, 1.54) is 24.9 Å². The van der Waals surface area contributed by atoms with Gasteiger partial charge < -0.3 is 9.84 Å². The number of nitrogens with zero attached hydrogens (tertiary/aromatic N) is 1. The zero-order valence-corrected chi connectivity index (χ0v) is 10.7. The molecule has 0 bridgehead atoms. The molecule has 2 unspecified atom stereocenters. The predicted molar refractivity (Wildman–Crippen MR) is 66.6 cm³/mol. The lowest BCUT2D eigenvalue weighted by atomic mass is 10.3. The molecule has 0 heterocycles. The van der Waals surface area contributed by atoms with E-state index in [0.717, 1.165) is 0 Å². The van der Waals surface area contributed by atoms with Crippen LogP contribution >= 0.6 is 11.8 Å². The van der Waals surface area contributed by atoms with Crippen LogP contribution in [0.15, 0.2) is 23.1 Å². The van der Waals surface area contributed by atoms with Crippen molar-refractivity contribution < 1.29 is 14.8 Å². The Morgan fingerprint density at radius 1 is 1.47 bits per heavy atom. The third-order valence-electron chi connectivity index (χ3n) is 2.36. The zero-order chi connectivity index (χ0) is 13.0. The van der Waals surface area contributed by atoms with E-state index < -0.39 is 11.0 Å². The van der Waals surface area contributed by atoms with Crippen molar-refractivity contribution in [2.24, 2.45) is 0 Å². The van der Waals surface area contributed by atoms with E-state index in [0.29, 0.717) is 10.6 Å². The molecule has 0 saturated carbocycles. The van der Waals surface area contributed by atoms with Crippen molar-refractivity contribution in [1.29, 1.82) is 0 Å². The maximum Gasteiger partial charge on any atom is 0.286 e. The topological polar surface area (TPSA) is 72.6 Å². The largest absolute Gasteiger partial charge is 0.497 e. The molecule has 0 spiro atoms. The number of nitro groups is 1. The summed E-state index contributed by atoms with van der Waals surface area (Å²) in [7, 11) is 1.46. The second kappa shape index (κ2) is 5.88. The van der Waals surface area contributed by atoms with Gasteiger partial charge in [-0.15, -0.1) is 11.8 Å². The normalized spacial score (nSPS) is 14.1. The number of hydrogen-bond acceptors (Lipinski definition) is 5. The van der Waals surface area contributed by atoms with Crippen molar-refractivity contribution in [3.05, 3.63) is 28.3 Å². The Morgan fingerprint density at radius 2 is 2.12 bits per heavy atom. The van der Waals surface area contributed by atoms with Gasteiger partial charge in [-0.25, -0.2) is 0 Å². The number of nitro benzene ring substituents is 1. The Bertz CT molecular complexity index is 408. The molecule has 0 amide bonds. The van der Waals surface area contributed by atoms with Gasteiger partial charge in [0.15, 0.2) is 0 Å². The summed E-state index contributed by atoms with van der Waals surface area (Å²) in [6, 6.07) is 4.70. The highest BCUT2D eigenvalue weighted by Crippen LogP contribution is 2.35. The lowest BCUT2D eigenvalue weighted by molar-refractivity contribution is -0.387. The summed E-state index contributed by atoms with van der Waals surface area (Å²) in [4.78, 5) is 11.0. The monoisotopic (exact) mass is 257 g/mol. The Labute approximate surface area is 104 Å². The Hall–Kier alpha value is -1.27. The Morgan fingerprint density at radius 3 is 2.59 bits per heavy atom. The molecule has 0 aliphatic rings. The highest BCUT2D eigenvalue weighted by molar-refractivity contribution is 8.00. The maximum atomic E-state index is 10.9. The van der Waals surface area contributed by atoms with Gasteiger partial charge in [-0.3, -0.25) is 10.1 Å². The average Bonchev–Trinajstić information content (AvgIpc) is 2.29. The minimum Gasteiger partial charge on any atom is -0.497 e. The van der Waals surface area contributed by atoms with Crippen LogP contribution in [0.1, 0.15) is 13.8 Å². The Kier molecular flexibility index (Phi) is 4.77. The number of ether oxygens (including phenoxy) is 1. The molecule has 1 aromatic carbocycles. The molecular weight excluding hydrogens is 242 g/mol. The lowest BCUT2D eigenvalue weighted by Gasteiger charge is -2.14. The van der Waals surface area contributed by atoms with E-state index in [1.54, 1.807) is 19.1 Å². The first-order valence-corrected chi connectivity index (χ1v) is 6.00. The van der Waals surface area contributed by atoms with E-state index in [9.17, 15) is 15.2 Å². The van der Waals surface area contributed by atoms with Crippen LogP contribution in [-0.2, 0) is 0 Å². The van der Waals surface area contributed by atoms with E-state index in [1.807, 2.05) is 6.92 Å². The molecule has 1 N–H and O–H groups in total. The SMILES string of the molecule is COc1ccc(SC(C)C(C)O)c([N+](=O)[O-])c1. The average molecular weight is 257 g/mol. The standard InChI is InChI=1S/C11H15NO4S/c1-7(13)8(2)17-11-5-4-9(16-3)6-10(11)12(14)15/h4-8,13H,1-3H3. The fourth-order valence-electron chi connectivity index (χ4n) is 1.17. The first kappa shape index (κ1) is 13.8. The van der Waals surface area contributed by atoms with Crippen LogP contribution in [0.3, 0.4) is 0 Å². The third-order valence-corrected chi connectivity index (χ3v) is 3.72. The molecule has 1 aromatic rings. The molecule has 0 fully saturated rings. The molecule has 0 aliphatic carbocycles. The van der Waals surface area contributed by atoms with Crippen molar-refractivity contribution in [3.8, 4) is 5.75 Å². The van der Waals surface area contributed by atoms with Crippen LogP contribution < -0.4 is 4.74 Å². The van der Waals surface area contributed by atoms with Crippen molar-refractivity contribution in [2.75, 3.05) is 7.11 Å². The van der Waals surface area contributed by atoms with E-state index >= 15 is 0 Å². The number of benzene rings is 1. The van der Waals surface area contributed by atoms with Gasteiger partial charge in [0.05, 0.1) is 29.1 Å². The van der Waals surface area contributed by atoms with Gasteiger partial charge in [0.2, 0.25) is 0 Å². The Balaban J connectivity index is 3.02. The quantitative estimate of drug-likeness (QED) is 0.498. The molecule has 1 rings (SSSR count). The predicted octanol–water partition coefficient (Wildman–Crippen LogP) is 2.46. The molecule has 0 saturated heterocycles. The van der Waals surface area contributed by atoms with Crippen molar-refractivity contribution >= 4 is 17.4 Å². The lowest BCUT2D eigenvalue weighted by Crippen LogP contribution is -2.15. The number of rotatable bonds is 5. The summed E-state index contributed by atoms with van der Waals surface area (Å²) >= 11 is 1.28. The van der Waals surface area contributed by atoms with Crippen LogP contribution in [0.4, 0.5) is 5.69 Å². The minimum absolute atomic E-state index is 0.00171. The summed E-state index contributed by atoms with van der Waals surface area (Å²) < 4.78 is 4.95. The molecule has 0 aromatic heterocycles. The van der Waals surface area contributed by atoms with Gasteiger partial charge in [0, 0.05) is 5.25 Å². The second-order valence-electron chi connectivity index (χ2n) is 3.65. The first-order chi connectivity index (χ1) is 7.95. The van der Waals surface area contributed by atoms with Gasteiger partial charge >= 0.3 is 0 Å². The van der Waals surface area contributed by atoms with Crippen molar-refractivity contribution in [3.63, 3.8) is 0 Å². The first-order valence-electron chi connectivity index (χ1n) is 5.13. The number of thioether (sulfide) groups is 1.